The van der Waals surface area contributed by atoms with E-state index in [1.165, 1.54) is 12.7 Å². The third kappa shape index (κ3) is 5.35. The average molecular weight is 341 g/mol. The third-order valence-electron chi connectivity index (χ3n) is 3.87. The maximum atomic E-state index is 12.1. The number of nitrogens with one attached hydrogen (secondary N) is 1. The van der Waals surface area contributed by atoms with E-state index >= 15 is 0 Å². The van der Waals surface area contributed by atoms with Gasteiger partial charge in [-0.15, -0.1) is 0 Å². The number of ether oxygens (including phenoxy) is 2. The summed E-state index contributed by atoms with van der Waals surface area (Å²) in [5.74, 6) is -0.0798. The average Bonchev–Trinajstić information content (AvgIpc) is 2.65. The quantitative estimate of drug-likeness (QED) is 0.784. The number of carbonyl (C=O) groups excluding carboxylic acids is 2. The number of aryl methyl sites for hydroxylation is 1. The van der Waals surface area contributed by atoms with E-state index in [0.29, 0.717) is 11.3 Å². The second-order valence-electron chi connectivity index (χ2n) is 5.74. The van der Waals surface area contributed by atoms with Crippen molar-refractivity contribution in [1.82, 2.24) is 5.32 Å². The van der Waals surface area contributed by atoms with Gasteiger partial charge in [0.1, 0.15) is 5.75 Å². The van der Waals surface area contributed by atoms with Gasteiger partial charge in [-0.1, -0.05) is 36.8 Å². The van der Waals surface area contributed by atoms with E-state index in [4.69, 9.17) is 4.74 Å². The van der Waals surface area contributed by atoms with Crippen LogP contribution in [0.25, 0.3) is 0 Å². The first-order valence-corrected chi connectivity index (χ1v) is 8.20. The fraction of sp³-hybridized carbons (Fsp3) is 0.300. The highest BCUT2D eigenvalue weighted by Crippen LogP contribution is 2.17. The highest BCUT2D eigenvalue weighted by atomic mass is 16.5. The van der Waals surface area contributed by atoms with E-state index in [-0.39, 0.29) is 18.6 Å². The highest BCUT2D eigenvalue weighted by molar-refractivity contribution is 5.89. The summed E-state index contributed by atoms with van der Waals surface area (Å²) < 4.78 is 10.1. The first-order valence-electron chi connectivity index (χ1n) is 8.20. The summed E-state index contributed by atoms with van der Waals surface area (Å²) in [6, 6.07) is 14.5. The lowest BCUT2D eigenvalue weighted by molar-refractivity contribution is -0.123. The van der Waals surface area contributed by atoms with Crippen molar-refractivity contribution in [3.8, 4) is 5.75 Å². The van der Waals surface area contributed by atoms with Gasteiger partial charge < -0.3 is 14.8 Å². The first kappa shape index (κ1) is 18.5. The second kappa shape index (κ2) is 8.87. The molecule has 2 rings (SSSR count). The number of hydrogen-bond donors (Lipinski definition) is 1. The summed E-state index contributed by atoms with van der Waals surface area (Å²) in [5, 5.41) is 2.97. The van der Waals surface area contributed by atoms with Crippen molar-refractivity contribution in [2.45, 2.75) is 26.3 Å². The molecule has 0 aliphatic carbocycles. The fourth-order valence-electron chi connectivity index (χ4n) is 2.41. The minimum absolute atomic E-state index is 0.0431. The molecule has 0 bridgehead atoms. The SMILES string of the molecule is CC[C@H](NC(=O)COc1ccc(C(=O)OC)cc1)c1ccc(C)cc1. The minimum Gasteiger partial charge on any atom is -0.484 e. The molecule has 0 unspecified atom stereocenters. The molecule has 5 heteroatoms. The Morgan fingerprint density at radius 1 is 1.04 bits per heavy atom. The Balaban J connectivity index is 1.88. The lowest BCUT2D eigenvalue weighted by atomic mass is 10.0. The van der Waals surface area contributed by atoms with Gasteiger partial charge in [-0.05, 0) is 43.2 Å². The predicted molar refractivity (Wildman–Crippen MR) is 95.6 cm³/mol. The Kier molecular flexibility index (Phi) is 6.57. The monoisotopic (exact) mass is 341 g/mol. The first-order chi connectivity index (χ1) is 12.0. The molecular formula is C20H23NO4. The summed E-state index contributed by atoms with van der Waals surface area (Å²) in [5.41, 5.74) is 2.69. The van der Waals surface area contributed by atoms with Crippen molar-refractivity contribution in [1.29, 1.82) is 0 Å². The highest BCUT2D eigenvalue weighted by Gasteiger charge is 2.13. The topological polar surface area (TPSA) is 64.6 Å². The molecule has 1 N–H and O–H groups in total. The molecule has 0 fully saturated rings. The zero-order chi connectivity index (χ0) is 18.2. The van der Waals surface area contributed by atoms with Gasteiger partial charge in [0.15, 0.2) is 6.61 Å². The van der Waals surface area contributed by atoms with Crippen LogP contribution in [-0.4, -0.2) is 25.6 Å². The number of amides is 1. The number of benzene rings is 2. The number of esters is 1. The zero-order valence-corrected chi connectivity index (χ0v) is 14.7. The number of rotatable bonds is 7. The summed E-state index contributed by atoms with van der Waals surface area (Å²) in [7, 11) is 1.33. The van der Waals surface area contributed by atoms with Crippen LogP contribution in [0, 0.1) is 6.92 Å². The zero-order valence-electron chi connectivity index (χ0n) is 14.7. The number of hydrogen-bond acceptors (Lipinski definition) is 4. The van der Waals surface area contributed by atoms with Crippen molar-refractivity contribution in [2.24, 2.45) is 0 Å². The molecule has 2 aromatic rings. The molecule has 1 atom stereocenters. The molecule has 0 saturated heterocycles. The smallest absolute Gasteiger partial charge is 0.337 e. The van der Waals surface area contributed by atoms with Gasteiger partial charge in [0.2, 0.25) is 0 Å². The molecule has 1 amide bonds. The van der Waals surface area contributed by atoms with E-state index in [9.17, 15) is 9.59 Å². The second-order valence-corrected chi connectivity index (χ2v) is 5.74. The van der Waals surface area contributed by atoms with Crippen molar-refractivity contribution < 1.29 is 19.1 Å². The Morgan fingerprint density at radius 2 is 1.68 bits per heavy atom. The van der Waals surface area contributed by atoms with Gasteiger partial charge in [-0.2, -0.15) is 0 Å². The van der Waals surface area contributed by atoms with E-state index in [0.717, 1.165) is 12.0 Å². The Hall–Kier alpha value is -2.82. The maximum absolute atomic E-state index is 12.1. The van der Waals surface area contributed by atoms with Crippen LogP contribution < -0.4 is 10.1 Å². The fourth-order valence-corrected chi connectivity index (χ4v) is 2.41. The van der Waals surface area contributed by atoms with E-state index < -0.39 is 5.97 Å². The molecule has 0 aromatic heterocycles. The standard InChI is InChI=1S/C20H23NO4/c1-4-18(15-7-5-14(2)6-8-15)21-19(22)13-25-17-11-9-16(10-12-17)20(23)24-3/h5-12,18H,4,13H2,1-3H3,(H,21,22)/t18-/m0/s1. The molecule has 0 aliphatic heterocycles. The van der Waals surface area contributed by atoms with E-state index in [1.54, 1.807) is 24.3 Å². The molecule has 132 valence electrons. The third-order valence-corrected chi connectivity index (χ3v) is 3.87. The van der Waals surface area contributed by atoms with Gasteiger partial charge in [0.25, 0.3) is 5.91 Å². The largest absolute Gasteiger partial charge is 0.484 e. The van der Waals surface area contributed by atoms with Crippen LogP contribution in [0.1, 0.15) is 40.9 Å². The predicted octanol–water partition coefficient (Wildman–Crippen LogP) is 3.43. The van der Waals surface area contributed by atoms with Crippen LogP contribution in [0.15, 0.2) is 48.5 Å². The van der Waals surface area contributed by atoms with Crippen molar-refractivity contribution in [3.05, 3.63) is 65.2 Å². The maximum Gasteiger partial charge on any atom is 0.337 e. The Bertz CT molecular complexity index is 707. The summed E-state index contributed by atoms with van der Waals surface area (Å²) >= 11 is 0. The molecular weight excluding hydrogens is 318 g/mol. The Morgan fingerprint density at radius 3 is 2.24 bits per heavy atom. The number of carbonyl (C=O) groups is 2. The molecule has 25 heavy (non-hydrogen) atoms. The van der Waals surface area contributed by atoms with E-state index in [1.807, 2.05) is 38.1 Å². The molecule has 0 heterocycles. The number of methoxy groups -OCH3 is 1. The van der Waals surface area contributed by atoms with Gasteiger partial charge in [-0.3, -0.25) is 4.79 Å². The van der Waals surface area contributed by atoms with Gasteiger partial charge in [0.05, 0.1) is 18.7 Å². The summed E-state index contributed by atoms with van der Waals surface area (Å²) in [4.78, 5) is 23.5. The molecule has 0 spiro atoms. The van der Waals surface area contributed by atoms with Crippen molar-refractivity contribution in [2.75, 3.05) is 13.7 Å². The van der Waals surface area contributed by atoms with Crippen LogP contribution in [-0.2, 0) is 9.53 Å². The molecule has 0 radical (unpaired) electrons. The van der Waals surface area contributed by atoms with Crippen molar-refractivity contribution in [3.63, 3.8) is 0 Å². The summed E-state index contributed by atoms with van der Waals surface area (Å²) in [6.07, 6.45) is 0.794. The summed E-state index contributed by atoms with van der Waals surface area (Å²) in [6.45, 7) is 3.97. The normalized spacial score (nSPS) is 11.5. The minimum atomic E-state index is -0.409. The van der Waals surface area contributed by atoms with Crippen LogP contribution in [0.2, 0.25) is 0 Å². The molecule has 0 saturated carbocycles. The van der Waals surface area contributed by atoms with Crippen LogP contribution in [0.5, 0.6) is 5.75 Å². The van der Waals surface area contributed by atoms with Crippen LogP contribution in [0.4, 0.5) is 0 Å². The lowest BCUT2D eigenvalue weighted by Crippen LogP contribution is -2.32. The van der Waals surface area contributed by atoms with Gasteiger partial charge >= 0.3 is 5.97 Å². The van der Waals surface area contributed by atoms with Gasteiger partial charge in [-0.25, -0.2) is 4.79 Å². The lowest BCUT2D eigenvalue weighted by Gasteiger charge is -2.18. The van der Waals surface area contributed by atoms with Crippen LogP contribution >= 0.6 is 0 Å². The molecule has 2 aromatic carbocycles. The molecule has 0 aliphatic rings. The van der Waals surface area contributed by atoms with E-state index in [2.05, 4.69) is 10.1 Å². The van der Waals surface area contributed by atoms with Crippen LogP contribution in [0.3, 0.4) is 0 Å². The molecule has 5 nitrogen and oxygen atoms in total. The van der Waals surface area contributed by atoms with Crippen molar-refractivity contribution >= 4 is 11.9 Å². The Labute approximate surface area is 148 Å². The van der Waals surface area contributed by atoms with Gasteiger partial charge in [0, 0.05) is 0 Å².